The van der Waals surface area contributed by atoms with Crippen molar-refractivity contribution in [3.63, 3.8) is 0 Å². The van der Waals surface area contributed by atoms with Crippen molar-refractivity contribution in [2.24, 2.45) is 5.10 Å². The van der Waals surface area contributed by atoms with Gasteiger partial charge < -0.3 is 4.90 Å². The molecule has 23 heavy (non-hydrogen) atoms. The number of aromatic nitrogens is 4. The largest absolute Gasteiger partial charge is 0.378 e. The molecule has 0 saturated heterocycles. The molecule has 2 aromatic carbocycles. The van der Waals surface area contributed by atoms with Crippen molar-refractivity contribution in [1.29, 1.82) is 0 Å². The number of nitrogens with one attached hydrogen (secondary N) is 1. The second-order valence-corrected chi connectivity index (χ2v) is 5.11. The van der Waals surface area contributed by atoms with Crippen LogP contribution < -0.4 is 10.3 Å². The molecule has 0 atom stereocenters. The standard InChI is InChI=1S/C16H17N7/c1-22(2)14-10-8-13(9-11-14)12-17-18-16-19-20-21-23(16)15-6-4-3-5-7-15/h3-12H,1-2H3,(H,18,19,21)/b17-12+. The molecule has 0 aliphatic carbocycles. The summed E-state index contributed by atoms with van der Waals surface area (Å²) < 4.78 is 1.59. The summed E-state index contributed by atoms with van der Waals surface area (Å²) in [6.07, 6.45) is 1.73. The Morgan fingerprint density at radius 1 is 1.04 bits per heavy atom. The molecule has 0 spiro atoms. The third kappa shape index (κ3) is 3.52. The van der Waals surface area contributed by atoms with Gasteiger partial charge >= 0.3 is 0 Å². The van der Waals surface area contributed by atoms with E-state index < -0.39 is 0 Å². The van der Waals surface area contributed by atoms with E-state index in [0.29, 0.717) is 5.95 Å². The third-order valence-corrected chi connectivity index (χ3v) is 3.26. The van der Waals surface area contributed by atoms with Crippen LogP contribution in [-0.4, -0.2) is 40.5 Å². The summed E-state index contributed by atoms with van der Waals surface area (Å²) >= 11 is 0. The predicted octanol–water partition coefficient (Wildman–Crippen LogP) is 2.17. The van der Waals surface area contributed by atoms with Crippen molar-refractivity contribution in [1.82, 2.24) is 20.2 Å². The highest BCUT2D eigenvalue weighted by Gasteiger charge is 2.05. The quantitative estimate of drug-likeness (QED) is 0.578. The third-order valence-electron chi connectivity index (χ3n) is 3.26. The van der Waals surface area contributed by atoms with Gasteiger partial charge in [-0.05, 0) is 40.3 Å². The van der Waals surface area contributed by atoms with Crippen molar-refractivity contribution >= 4 is 17.9 Å². The SMILES string of the molecule is CN(C)c1ccc(/C=N/Nc2nnnn2-c2ccccc2)cc1. The molecular weight excluding hydrogens is 290 g/mol. The second-order valence-electron chi connectivity index (χ2n) is 5.11. The van der Waals surface area contributed by atoms with Crippen LogP contribution in [0.1, 0.15) is 5.56 Å². The number of hydrazone groups is 1. The lowest BCUT2D eigenvalue weighted by atomic mass is 10.2. The Labute approximate surface area is 134 Å². The van der Waals surface area contributed by atoms with Crippen molar-refractivity contribution in [2.45, 2.75) is 0 Å². The lowest BCUT2D eigenvalue weighted by molar-refractivity contribution is 0.790. The predicted molar refractivity (Wildman–Crippen MR) is 91.1 cm³/mol. The summed E-state index contributed by atoms with van der Waals surface area (Å²) in [5, 5.41) is 15.8. The van der Waals surface area contributed by atoms with E-state index in [2.05, 4.69) is 26.1 Å². The molecule has 1 heterocycles. The molecule has 1 aromatic heterocycles. The van der Waals surface area contributed by atoms with E-state index in [-0.39, 0.29) is 0 Å². The number of para-hydroxylation sites is 1. The summed E-state index contributed by atoms with van der Waals surface area (Å²) in [5.74, 6) is 0.456. The topological polar surface area (TPSA) is 71.2 Å². The van der Waals surface area contributed by atoms with Crippen molar-refractivity contribution < 1.29 is 0 Å². The molecular formula is C16H17N7. The van der Waals surface area contributed by atoms with Gasteiger partial charge in [-0.15, -0.1) is 0 Å². The number of hydrogen-bond acceptors (Lipinski definition) is 6. The smallest absolute Gasteiger partial charge is 0.268 e. The number of tetrazole rings is 1. The zero-order valence-corrected chi connectivity index (χ0v) is 13.0. The van der Waals surface area contributed by atoms with E-state index in [1.165, 1.54) is 0 Å². The molecule has 3 aromatic rings. The van der Waals surface area contributed by atoms with Gasteiger partial charge in [0, 0.05) is 19.8 Å². The number of rotatable bonds is 5. The van der Waals surface area contributed by atoms with Gasteiger partial charge in [0.15, 0.2) is 0 Å². The maximum Gasteiger partial charge on any atom is 0.268 e. The fourth-order valence-corrected chi connectivity index (χ4v) is 2.02. The van der Waals surface area contributed by atoms with Gasteiger partial charge in [-0.3, -0.25) is 0 Å². The fraction of sp³-hybridized carbons (Fsp3) is 0.125. The van der Waals surface area contributed by atoms with Crippen LogP contribution in [0.2, 0.25) is 0 Å². The Bertz CT molecular complexity index is 776. The summed E-state index contributed by atoms with van der Waals surface area (Å²) in [4.78, 5) is 2.05. The van der Waals surface area contributed by atoms with Crippen molar-refractivity contribution in [3.8, 4) is 5.69 Å². The van der Waals surface area contributed by atoms with Gasteiger partial charge in [-0.1, -0.05) is 35.4 Å². The molecule has 0 amide bonds. The Hall–Kier alpha value is -3.22. The average molecular weight is 307 g/mol. The van der Waals surface area contributed by atoms with E-state index in [1.54, 1.807) is 10.9 Å². The number of nitrogens with zero attached hydrogens (tertiary/aromatic N) is 6. The molecule has 7 heteroatoms. The molecule has 116 valence electrons. The monoisotopic (exact) mass is 307 g/mol. The average Bonchev–Trinajstić information content (AvgIpc) is 3.05. The molecule has 0 saturated carbocycles. The van der Waals surface area contributed by atoms with Crippen molar-refractivity contribution in [2.75, 3.05) is 24.4 Å². The van der Waals surface area contributed by atoms with Crippen LogP contribution >= 0.6 is 0 Å². The maximum absolute atomic E-state index is 4.19. The van der Waals surface area contributed by atoms with Crippen molar-refractivity contribution in [3.05, 3.63) is 60.2 Å². The lowest BCUT2D eigenvalue weighted by Gasteiger charge is -2.11. The van der Waals surface area contributed by atoms with Gasteiger partial charge in [0.25, 0.3) is 5.95 Å². The first-order valence-corrected chi connectivity index (χ1v) is 7.14. The minimum absolute atomic E-state index is 0.456. The summed E-state index contributed by atoms with van der Waals surface area (Å²) in [6.45, 7) is 0. The fourth-order valence-electron chi connectivity index (χ4n) is 2.02. The highest BCUT2D eigenvalue weighted by atomic mass is 15.6. The van der Waals surface area contributed by atoms with Gasteiger partial charge in [-0.2, -0.15) is 9.78 Å². The number of benzene rings is 2. The minimum atomic E-state index is 0.456. The minimum Gasteiger partial charge on any atom is -0.378 e. The van der Waals surface area contributed by atoms with E-state index in [9.17, 15) is 0 Å². The van der Waals surface area contributed by atoms with Crippen LogP contribution in [-0.2, 0) is 0 Å². The van der Waals surface area contributed by atoms with Gasteiger partial charge in [0.1, 0.15) is 0 Å². The molecule has 3 rings (SSSR count). The first kappa shape index (κ1) is 14.7. The molecule has 0 radical (unpaired) electrons. The summed E-state index contributed by atoms with van der Waals surface area (Å²) in [5.41, 5.74) is 5.86. The zero-order chi connectivity index (χ0) is 16.1. The Morgan fingerprint density at radius 3 is 2.48 bits per heavy atom. The summed E-state index contributed by atoms with van der Waals surface area (Å²) in [6, 6.07) is 17.7. The molecule has 0 aliphatic heterocycles. The highest BCUT2D eigenvalue weighted by molar-refractivity contribution is 5.80. The van der Waals surface area contributed by atoms with Gasteiger partial charge in [0.05, 0.1) is 11.9 Å². The normalized spacial score (nSPS) is 10.9. The Kier molecular flexibility index (Phi) is 4.28. The molecule has 0 aliphatic rings. The maximum atomic E-state index is 4.19. The first-order valence-electron chi connectivity index (χ1n) is 7.14. The van der Waals surface area contributed by atoms with Crippen LogP contribution in [0.15, 0.2) is 59.7 Å². The highest BCUT2D eigenvalue weighted by Crippen LogP contribution is 2.12. The van der Waals surface area contributed by atoms with Crippen LogP contribution in [0.5, 0.6) is 0 Å². The number of anilines is 2. The van der Waals surface area contributed by atoms with Crippen LogP contribution in [0.25, 0.3) is 5.69 Å². The molecule has 7 nitrogen and oxygen atoms in total. The van der Waals surface area contributed by atoms with E-state index in [4.69, 9.17) is 0 Å². The van der Waals surface area contributed by atoms with Gasteiger partial charge in [0.2, 0.25) is 0 Å². The van der Waals surface area contributed by atoms with E-state index in [0.717, 1.165) is 16.9 Å². The first-order chi connectivity index (χ1) is 11.2. The van der Waals surface area contributed by atoms with Crippen LogP contribution in [0.3, 0.4) is 0 Å². The molecule has 0 fully saturated rings. The lowest BCUT2D eigenvalue weighted by Crippen LogP contribution is -2.08. The van der Waals surface area contributed by atoms with Crippen LogP contribution in [0, 0.1) is 0 Å². The van der Waals surface area contributed by atoms with E-state index >= 15 is 0 Å². The summed E-state index contributed by atoms with van der Waals surface area (Å²) in [7, 11) is 4.02. The molecule has 0 unspecified atom stereocenters. The zero-order valence-electron chi connectivity index (χ0n) is 13.0. The van der Waals surface area contributed by atoms with Gasteiger partial charge in [-0.25, -0.2) is 5.43 Å². The Balaban J connectivity index is 1.70. The molecule has 1 N–H and O–H groups in total. The van der Waals surface area contributed by atoms with E-state index in [1.807, 2.05) is 73.6 Å². The Morgan fingerprint density at radius 2 is 1.78 bits per heavy atom. The molecule has 0 bridgehead atoms. The second kappa shape index (κ2) is 6.69. The number of hydrogen-bond donors (Lipinski definition) is 1. The van der Waals surface area contributed by atoms with Crippen LogP contribution in [0.4, 0.5) is 11.6 Å².